The minimum Gasteiger partial charge on any atom is -0.370 e. The normalized spacial score (nSPS) is 24.2. The molecule has 1 aliphatic carbocycles. The number of nitrogens with zero attached hydrogens (tertiary/aromatic N) is 3. The Balaban J connectivity index is 1.84. The molecule has 2 fully saturated rings. The van der Waals surface area contributed by atoms with Crippen molar-refractivity contribution >= 4 is 5.96 Å². The van der Waals surface area contributed by atoms with Crippen molar-refractivity contribution in [2.45, 2.75) is 38.1 Å². The minimum absolute atomic E-state index is 0.582. The molecule has 98 valence electrons. The third-order valence-electron chi connectivity index (χ3n) is 3.95. The van der Waals surface area contributed by atoms with Crippen LogP contribution in [0.3, 0.4) is 0 Å². The Kier molecular flexibility index (Phi) is 4.26. The van der Waals surface area contributed by atoms with E-state index in [1.165, 1.54) is 32.1 Å². The lowest BCUT2D eigenvalue weighted by Crippen LogP contribution is -2.42. The third kappa shape index (κ3) is 3.60. The summed E-state index contributed by atoms with van der Waals surface area (Å²) in [4.78, 5) is 9.14. The third-order valence-corrected chi connectivity index (χ3v) is 3.95. The second-order valence-corrected chi connectivity index (χ2v) is 5.61. The molecule has 17 heavy (non-hydrogen) atoms. The fraction of sp³-hybridized carbons (Fsp3) is 0.923. The standard InChI is InChI=1S/C13H26N4/c1-16(2)12(11-6-7-11)10-15-13(14)17-8-4-3-5-9-17/h11-12H,3-10H2,1-2H3,(H2,14,15). The average molecular weight is 238 g/mol. The van der Waals surface area contributed by atoms with Crippen molar-refractivity contribution in [3.63, 3.8) is 0 Å². The minimum atomic E-state index is 0.582. The van der Waals surface area contributed by atoms with Gasteiger partial charge in [-0.05, 0) is 52.1 Å². The highest BCUT2D eigenvalue weighted by Crippen LogP contribution is 2.34. The quantitative estimate of drug-likeness (QED) is 0.590. The van der Waals surface area contributed by atoms with E-state index in [9.17, 15) is 0 Å². The topological polar surface area (TPSA) is 44.9 Å². The van der Waals surface area contributed by atoms with Crippen LogP contribution in [0.1, 0.15) is 32.1 Å². The van der Waals surface area contributed by atoms with Gasteiger partial charge in [-0.15, -0.1) is 0 Å². The lowest BCUT2D eigenvalue weighted by Gasteiger charge is -2.28. The second kappa shape index (κ2) is 5.71. The van der Waals surface area contributed by atoms with Crippen molar-refractivity contribution in [3.8, 4) is 0 Å². The number of aliphatic imine (C=N–C) groups is 1. The molecule has 1 atom stereocenters. The van der Waals surface area contributed by atoms with E-state index >= 15 is 0 Å². The summed E-state index contributed by atoms with van der Waals surface area (Å²) in [6.07, 6.45) is 6.59. The van der Waals surface area contributed by atoms with Crippen molar-refractivity contribution in [1.29, 1.82) is 0 Å². The Labute approximate surface area is 105 Å². The van der Waals surface area contributed by atoms with Crippen molar-refractivity contribution < 1.29 is 0 Å². The predicted molar refractivity (Wildman–Crippen MR) is 72.1 cm³/mol. The van der Waals surface area contributed by atoms with E-state index in [1.807, 2.05) is 0 Å². The van der Waals surface area contributed by atoms with Crippen molar-refractivity contribution in [3.05, 3.63) is 0 Å². The van der Waals surface area contributed by atoms with E-state index in [-0.39, 0.29) is 0 Å². The summed E-state index contributed by atoms with van der Waals surface area (Å²) in [5, 5.41) is 0. The van der Waals surface area contributed by atoms with Crippen LogP contribution in [-0.4, -0.2) is 55.5 Å². The molecule has 1 saturated carbocycles. The molecule has 4 heteroatoms. The molecule has 1 aliphatic heterocycles. The van der Waals surface area contributed by atoms with E-state index in [1.54, 1.807) is 0 Å². The first-order valence-electron chi connectivity index (χ1n) is 6.90. The first-order valence-corrected chi connectivity index (χ1v) is 6.90. The Morgan fingerprint density at radius 1 is 1.29 bits per heavy atom. The Bertz CT molecular complexity index is 263. The number of piperidine rings is 1. The number of likely N-dealkylation sites (tertiary alicyclic amines) is 1. The van der Waals surface area contributed by atoms with E-state index in [4.69, 9.17) is 5.73 Å². The van der Waals surface area contributed by atoms with Gasteiger partial charge >= 0.3 is 0 Å². The molecule has 1 heterocycles. The number of guanidine groups is 1. The van der Waals surface area contributed by atoms with Crippen LogP contribution in [-0.2, 0) is 0 Å². The van der Waals surface area contributed by atoms with Gasteiger partial charge in [-0.3, -0.25) is 4.99 Å². The van der Waals surface area contributed by atoms with Gasteiger partial charge in [0.2, 0.25) is 0 Å². The molecule has 2 N–H and O–H groups in total. The van der Waals surface area contributed by atoms with Crippen LogP contribution >= 0.6 is 0 Å². The van der Waals surface area contributed by atoms with Gasteiger partial charge < -0.3 is 15.5 Å². The van der Waals surface area contributed by atoms with Crippen molar-refractivity contribution in [1.82, 2.24) is 9.80 Å². The van der Waals surface area contributed by atoms with E-state index in [2.05, 4.69) is 28.9 Å². The molecular weight excluding hydrogens is 212 g/mol. The largest absolute Gasteiger partial charge is 0.370 e. The fourth-order valence-corrected chi connectivity index (χ4v) is 2.63. The Morgan fingerprint density at radius 3 is 2.47 bits per heavy atom. The highest BCUT2D eigenvalue weighted by Gasteiger charge is 2.32. The number of hydrogen-bond donors (Lipinski definition) is 1. The summed E-state index contributed by atoms with van der Waals surface area (Å²) in [5.41, 5.74) is 6.07. The van der Waals surface area contributed by atoms with Crippen LogP contribution in [0.5, 0.6) is 0 Å². The second-order valence-electron chi connectivity index (χ2n) is 5.61. The van der Waals surface area contributed by atoms with Crippen LogP contribution in [0.2, 0.25) is 0 Å². The Hall–Kier alpha value is -0.770. The summed E-state index contributed by atoms with van der Waals surface area (Å²) in [7, 11) is 4.30. The lowest BCUT2D eigenvalue weighted by atomic mass is 10.1. The molecule has 0 bridgehead atoms. The molecule has 0 amide bonds. The van der Waals surface area contributed by atoms with Gasteiger partial charge in [0.15, 0.2) is 5.96 Å². The molecule has 0 aromatic heterocycles. The highest BCUT2D eigenvalue weighted by atomic mass is 15.3. The van der Waals surface area contributed by atoms with E-state index < -0.39 is 0 Å². The van der Waals surface area contributed by atoms with Crippen LogP contribution in [0.4, 0.5) is 0 Å². The molecule has 4 nitrogen and oxygen atoms in total. The summed E-state index contributed by atoms with van der Waals surface area (Å²) in [5.74, 6) is 1.61. The summed E-state index contributed by atoms with van der Waals surface area (Å²) < 4.78 is 0. The number of nitrogens with two attached hydrogens (primary N) is 1. The van der Waals surface area contributed by atoms with E-state index in [0.717, 1.165) is 31.5 Å². The monoisotopic (exact) mass is 238 g/mol. The molecule has 0 spiro atoms. The summed E-state index contributed by atoms with van der Waals surface area (Å²) in [6.45, 7) is 3.04. The SMILES string of the molecule is CN(C)C(CN=C(N)N1CCCCC1)C1CC1. The maximum atomic E-state index is 6.07. The van der Waals surface area contributed by atoms with Gasteiger partial charge in [0.1, 0.15) is 0 Å². The van der Waals surface area contributed by atoms with Gasteiger partial charge in [-0.2, -0.15) is 0 Å². The van der Waals surface area contributed by atoms with Crippen molar-refractivity contribution in [2.24, 2.45) is 16.6 Å². The average Bonchev–Trinajstić information content (AvgIpc) is 3.14. The van der Waals surface area contributed by atoms with Gasteiger partial charge in [-0.1, -0.05) is 0 Å². The number of rotatable bonds is 4. The van der Waals surface area contributed by atoms with Crippen LogP contribution in [0.25, 0.3) is 0 Å². The summed E-state index contributed by atoms with van der Waals surface area (Å²) in [6, 6.07) is 0.582. The van der Waals surface area contributed by atoms with Gasteiger partial charge in [0.05, 0.1) is 6.54 Å². The fourth-order valence-electron chi connectivity index (χ4n) is 2.63. The van der Waals surface area contributed by atoms with Crippen LogP contribution in [0.15, 0.2) is 4.99 Å². The summed E-state index contributed by atoms with van der Waals surface area (Å²) >= 11 is 0. The molecular formula is C13H26N4. The smallest absolute Gasteiger partial charge is 0.191 e. The molecule has 2 rings (SSSR count). The molecule has 2 aliphatic rings. The maximum absolute atomic E-state index is 6.07. The van der Waals surface area contributed by atoms with Crippen LogP contribution < -0.4 is 5.73 Å². The highest BCUT2D eigenvalue weighted by molar-refractivity contribution is 5.78. The van der Waals surface area contributed by atoms with Crippen molar-refractivity contribution in [2.75, 3.05) is 33.7 Å². The Morgan fingerprint density at radius 2 is 1.94 bits per heavy atom. The molecule has 1 saturated heterocycles. The zero-order valence-corrected chi connectivity index (χ0v) is 11.2. The molecule has 1 unspecified atom stereocenters. The van der Waals surface area contributed by atoms with Gasteiger partial charge in [0.25, 0.3) is 0 Å². The lowest BCUT2D eigenvalue weighted by molar-refractivity contribution is 0.269. The molecule has 0 radical (unpaired) electrons. The number of hydrogen-bond acceptors (Lipinski definition) is 2. The first-order chi connectivity index (χ1) is 8.18. The zero-order valence-electron chi connectivity index (χ0n) is 11.2. The maximum Gasteiger partial charge on any atom is 0.191 e. The van der Waals surface area contributed by atoms with Gasteiger partial charge in [0, 0.05) is 19.1 Å². The number of likely N-dealkylation sites (N-methyl/N-ethyl adjacent to an activating group) is 1. The van der Waals surface area contributed by atoms with Crippen LogP contribution in [0, 0.1) is 5.92 Å². The zero-order chi connectivity index (χ0) is 12.3. The predicted octanol–water partition coefficient (Wildman–Crippen LogP) is 1.13. The molecule has 0 aromatic rings. The first kappa shape index (κ1) is 12.7. The molecule has 0 aromatic carbocycles. The van der Waals surface area contributed by atoms with E-state index in [0.29, 0.717) is 6.04 Å². The van der Waals surface area contributed by atoms with Gasteiger partial charge in [-0.25, -0.2) is 0 Å².